The lowest BCUT2D eigenvalue weighted by atomic mass is 9.90. The summed E-state index contributed by atoms with van der Waals surface area (Å²) in [5.74, 6) is -0.542. The number of carbonyl (C=O) groups is 1. The highest BCUT2D eigenvalue weighted by Crippen LogP contribution is 2.34. The van der Waals surface area contributed by atoms with E-state index in [0.717, 1.165) is 28.7 Å². The normalized spacial score (nSPS) is 14.6. The Morgan fingerprint density at radius 2 is 2.00 bits per heavy atom. The number of para-hydroxylation sites is 1. The van der Waals surface area contributed by atoms with Crippen molar-refractivity contribution < 1.29 is 14.3 Å². The van der Waals surface area contributed by atoms with Crippen LogP contribution in [0, 0.1) is 5.92 Å². The van der Waals surface area contributed by atoms with Crippen LogP contribution in [0.4, 0.5) is 0 Å². The second-order valence-electron chi connectivity index (χ2n) is 4.71. The number of fused-ring (bicyclic) bond motifs is 1. The van der Waals surface area contributed by atoms with Crippen LogP contribution < -0.4 is 0 Å². The van der Waals surface area contributed by atoms with Crippen molar-refractivity contribution in [1.29, 1.82) is 0 Å². The molecule has 2 atom stereocenters. The molecule has 2 aromatic rings. The summed E-state index contributed by atoms with van der Waals surface area (Å²) in [5.41, 5.74) is 1.97. The third kappa shape index (κ3) is 2.01. The molecular weight excluding hydrogens is 228 g/mol. The van der Waals surface area contributed by atoms with Crippen LogP contribution >= 0.6 is 0 Å². The quantitative estimate of drug-likeness (QED) is 0.892. The summed E-state index contributed by atoms with van der Waals surface area (Å²) in [6.07, 6.45) is 0.850. The summed E-state index contributed by atoms with van der Waals surface area (Å²) in [4.78, 5) is 11.1. The molecule has 96 valence electrons. The molecule has 0 bridgehead atoms. The molecule has 0 fully saturated rings. The number of aliphatic carboxylic acids is 1. The highest BCUT2D eigenvalue weighted by atomic mass is 16.4. The van der Waals surface area contributed by atoms with Crippen LogP contribution in [0.5, 0.6) is 0 Å². The van der Waals surface area contributed by atoms with Gasteiger partial charge < -0.3 is 9.52 Å². The first-order chi connectivity index (χ1) is 8.56. The summed E-state index contributed by atoms with van der Waals surface area (Å²) >= 11 is 0. The largest absolute Gasteiger partial charge is 0.481 e. The highest BCUT2D eigenvalue weighted by Gasteiger charge is 2.26. The second kappa shape index (κ2) is 4.84. The molecule has 3 nitrogen and oxygen atoms in total. The molecule has 1 aromatic carbocycles. The first-order valence-electron chi connectivity index (χ1n) is 6.29. The Bertz CT molecular complexity index is 568. The van der Waals surface area contributed by atoms with E-state index >= 15 is 0 Å². The van der Waals surface area contributed by atoms with Gasteiger partial charge in [-0.2, -0.15) is 0 Å². The van der Waals surface area contributed by atoms with Gasteiger partial charge in [-0.3, -0.25) is 4.79 Å². The third-order valence-corrected chi connectivity index (χ3v) is 3.64. The summed E-state index contributed by atoms with van der Waals surface area (Å²) in [5, 5.41) is 10.2. The van der Waals surface area contributed by atoms with Crippen molar-refractivity contribution in [3.8, 4) is 0 Å². The van der Waals surface area contributed by atoms with E-state index in [4.69, 9.17) is 9.52 Å². The molecular formula is C15H18O3. The predicted octanol–water partition coefficient (Wildman–Crippen LogP) is 3.82. The predicted molar refractivity (Wildman–Crippen MR) is 70.8 cm³/mol. The fraction of sp³-hybridized carbons (Fsp3) is 0.400. The van der Waals surface area contributed by atoms with E-state index in [0.29, 0.717) is 0 Å². The van der Waals surface area contributed by atoms with Gasteiger partial charge in [0.25, 0.3) is 0 Å². The van der Waals surface area contributed by atoms with Gasteiger partial charge in [-0.15, -0.1) is 0 Å². The minimum Gasteiger partial charge on any atom is -0.481 e. The van der Waals surface area contributed by atoms with Gasteiger partial charge in [0.1, 0.15) is 11.3 Å². The summed E-state index contributed by atoms with van der Waals surface area (Å²) < 4.78 is 5.86. The van der Waals surface area contributed by atoms with E-state index < -0.39 is 11.9 Å². The smallest absolute Gasteiger partial charge is 0.306 e. The van der Waals surface area contributed by atoms with Crippen LogP contribution in [-0.2, 0) is 11.2 Å². The monoisotopic (exact) mass is 246 g/mol. The molecule has 2 unspecified atom stereocenters. The SMILES string of the molecule is CCc1c(C(C)C(C)C(=O)O)oc2ccccc12. The van der Waals surface area contributed by atoms with E-state index in [2.05, 4.69) is 6.92 Å². The standard InChI is InChI=1S/C15H18O3/c1-4-11-12-7-5-6-8-13(12)18-14(11)9(2)10(3)15(16)17/h5-10H,4H2,1-3H3,(H,16,17). The van der Waals surface area contributed by atoms with Crippen molar-refractivity contribution in [1.82, 2.24) is 0 Å². The lowest BCUT2D eigenvalue weighted by Crippen LogP contribution is -2.17. The number of hydrogen-bond donors (Lipinski definition) is 1. The number of benzene rings is 1. The minimum atomic E-state index is -0.787. The molecule has 0 aliphatic rings. The molecule has 0 radical (unpaired) electrons. The molecule has 0 aliphatic heterocycles. The lowest BCUT2D eigenvalue weighted by molar-refractivity contribution is -0.141. The van der Waals surface area contributed by atoms with Gasteiger partial charge in [0.2, 0.25) is 0 Å². The number of carboxylic acids is 1. The van der Waals surface area contributed by atoms with E-state index in [1.807, 2.05) is 31.2 Å². The first kappa shape index (κ1) is 12.7. The minimum absolute atomic E-state index is 0.121. The van der Waals surface area contributed by atoms with Crippen LogP contribution in [0.2, 0.25) is 0 Å². The molecule has 0 saturated carbocycles. The number of rotatable bonds is 4. The molecule has 1 heterocycles. The number of carboxylic acid groups (broad SMARTS) is 1. The molecule has 2 rings (SSSR count). The Kier molecular flexibility index (Phi) is 3.41. The fourth-order valence-electron chi connectivity index (χ4n) is 2.29. The molecule has 0 spiro atoms. The van der Waals surface area contributed by atoms with E-state index in [9.17, 15) is 4.79 Å². The molecule has 1 aromatic heterocycles. The van der Waals surface area contributed by atoms with Crippen LogP contribution in [0.3, 0.4) is 0 Å². The van der Waals surface area contributed by atoms with Gasteiger partial charge in [0.15, 0.2) is 0 Å². The molecule has 3 heteroatoms. The highest BCUT2D eigenvalue weighted by molar-refractivity contribution is 5.82. The van der Waals surface area contributed by atoms with Gasteiger partial charge in [-0.25, -0.2) is 0 Å². The van der Waals surface area contributed by atoms with Gasteiger partial charge in [0.05, 0.1) is 5.92 Å². The second-order valence-corrected chi connectivity index (χ2v) is 4.71. The van der Waals surface area contributed by atoms with Crippen molar-refractivity contribution in [2.75, 3.05) is 0 Å². The maximum atomic E-state index is 11.1. The zero-order chi connectivity index (χ0) is 13.3. The van der Waals surface area contributed by atoms with Gasteiger partial charge in [0, 0.05) is 16.9 Å². The Hall–Kier alpha value is -1.77. The topological polar surface area (TPSA) is 50.4 Å². The van der Waals surface area contributed by atoms with Crippen molar-refractivity contribution in [3.05, 3.63) is 35.6 Å². The first-order valence-corrected chi connectivity index (χ1v) is 6.29. The van der Waals surface area contributed by atoms with Crippen LogP contribution in [0.25, 0.3) is 11.0 Å². The molecule has 1 N–H and O–H groups in total. The zero-order valence-corrected chi connectivity index (χ0v) is 10.9. The summed E-state index contributed by atoms with van der Waals surface area (Å²) in [6.45, 7) is 5.70. The maximum Gasteiger partial charge on any atom is 0.306 e. The van der Waals surface area contributed by atoms with Crippen molar-refractivity contribution in [2.45, 2.75) is 33.1 Å². The maximum absolute atomic E-state index is 11.1. The van der Waals surface area contributed by atoms with Crippen molar-refractivity contribution >= 4 is 16.9 Å². The Labute approximate surface area is 106 Å². The lowest BCUT2D eigenvalue weighted by Gasteiger charge is -2.14. The zero-order valence-electron chi connectivity index (χ0n) is 10.9. The van der Waals surface area contributed by atoms with Crippen LogP contribution in [-0.4, -0.2) is 11.1 Å². The van der Waals surface area contributed by atoms with Crippen molar-refractivity contribution in [3.63, 3.8) is 0 Å². The van der Waals surface area contributed by atoms with Crippen LogP contribution in [0.15, 0.2) is 28.7 Å². The fourth-order valence-corrected chi connectivity index (χ4v) is 2.29. The Balaban J connectivity index is 2.53. The van der Waals surface area contributed by atoms with Gasteiger partial charge in [-0.05, 0) is 12.5 Å². The third-order valence-electron chi connectivity index (χ3n) is 3.64. The van der Waals surface area contributed by atoms with Gasteiger partial charge >= 0.3 is 5.97 Å². The summed E-state index contributed by atoms with van der Waals surface area (Å²) in [6, 6.07) is 7.86. The molecule has 0 aliphatic carbocycles. The average Bonchev–Trinajstić information content (AvgIpc) is 2.75. The number of aryl methyl sites for hydroxylation is 1. The number of furan rings is 1. The van der Waals surface area contributed by atoms with Gasteiger partial charge in [-0.1, -0.05) is 39.0 Å². The summed E-state index contributed by atoms with van der Waals surface area (Å²) in [7, 11) is 0. The van der Waals surface area contributed by atoms with Crippen LogP contribution in [0.1, 0.15) is 38.0 Å². The van der Waals surface area contributed by atoms with E-state index in [1.54, 1.807) is 6.92 Å². The Morgan fingerprint density at radius 3 is 2.61 bits per heavy atom. The Morgan fingerprint density at radius 1 is 1.33 bits per heavy atom. The van der Waals surface area contributed by atoms with E-state index in [1.165, 1.54) is 0 Å². The number of hydrogen-bond acceptors (Lipinski definition) is 2. The molecule has 0 saturated heterocycles. The van der Waals surface area contributed by atoms with Crippen molar-refractivity contribution in [2.24, 2.45) is 5.92 Å². The molecule has 0 amide bonds. The molecule has 18 heavy (non-hydrogen) atoms. The average molecular weight is 246 g/mol. The van der Waals surface area contributed by atoms with E-state index in [-0.39, 0.29) is 5.92 Å².